The molecular weight excluding hydrogens is 179 g/mol. The monoisotopic (exact) mass is 189 g/mol. The van der Waals surface area contributed by atoms with Crippen molar-refractivity contribution in [2.45, 2.75) is 26.2 Å². The maximum Gasteiger partial charge on any atom is 0.222 e. The molecule has 0 aliphatic rings. The molecular formula is C9H10F3N. The number of aromatic nitrogens is 1. The minimum Gasteiger partial charge on any atom is -0.206 e. The van der Waals surface area contributed by atoms with Crippen LogP contribution in [0, 0.1) is 17.7 Å². The highest BCUT2D eigenvalue weighted by Crippen LogP contribution is 2.26. The lowest BCUT2D eigenvalue weighted by molar-refractivity contribution is 0.429. The van der Waals surface area contributed by atoms with Gasteiger partial charge in [-0.05, 0) is 5.41 Å². The summed E-state index contributed by atoms with van der Waals surface area (Å²) in [6, 6.07) is 0.587. The third-order valence-corrected chi connectivity index (χ3v) is 1.65. The maximum absolute atomic E-state index is 13.1. The summed E-state index contributed by atoms with van der Waals surface area (Å²) in [7, 11) is 0. The lowest BCUT2D eigenvalue weighted by Crippen LogP contribution is -2.17. The smallest absolute Gasteiger partial charge is 0.206 e. The Balaban J connectivity index is 3.38. The van der Waals surface area contributed by atoms with Gasteiger partial charge in [0.2, 0.25) is 11.9 Å². The molecule has 1 aromatic rings. The van der Waals surface area contributed by atoms with Gasteiger partial charge in [0.05, 0.1) is 0 Å². The minimum absolute atomic E-state index is 0.186. The first-order chi connectivity index (χ1) is 5.82. The average Bonchev–Trinajstić information content (AvgIpc) is 1.78. The summed E-state index contributed by atoms with van der Waals surface area (Å²) in [6.45, 7) is 4.90. The molecule has 0 saturated carbocycles. The quantitative estimate of drug-likeness (QED) is 0.572. The van der Waals surface area contributed by atoms with Gasteiger partial charge in [-0.3, -0.25) is 0 Å². The zero-order valence-corrected chi connectivity index (χ0v) is 7.66. The standard InChI is InChI=1S/C9H10F3N/c1-9(2,3)7-5(10)4-6(11)13-8(7)12/h4H,1-3H3. The Bertz CT molecular complexity index is 305. The molecule has 1 nitrogen and oxygen atoms in total. The second-order valence-electron chi connectivity index (χ2n) is 3.84. The molecule has 0 spiro atoms. The van der Waals surface area contributed by atoms with Gasteiger partial charge >= 0.3 is 0 Å². The van der Waals surface area contributed by atoms with Crippen molar-refractivity contribution in [2.75, 3.05) is 0 Å². The van der Waals surface area contributed by atoms with E-state index in [4.69, 9.17) is 0 Å². The fourth-order valence-corrected chi connectivity index (χ4v) is 1.12. The summed E-state index contributed by atoms with van der Waals surface area (Å²) < 4.78 is 38.5. The third kappa shape index (κ3) is 1.99. The molecule has 72 valence electrons. The van der Waals surface area contributed by atoms with Crippen molar-refractivity contribution in [3.05, 3.63) is 29.3 Å². The van der Waals surface area contributed by atoms with Crippen LogP contribution in [0.2, 0.25) is 0 Å². The summed E-state index contributed by atoms with van der Waals surface area (Å²) in [6.07, 6.45) is 0. The second kappa shape index (κ2) is 3.01. The fraction of sp³-hybridized carbons (Fsp3) is 0.444. The van der Waals surface area contributed by atoms with Crippen molar-refractivity contribution >= 4 is 0 Å². The molecule has 0 fully saturated rings. The summed E-state index contributed by atoms with van der Waals surface area (Å²) in [4.78, 5) is 2.93. The summed E-state index contributed by atoms with van der Waals surface area (Å²) in [5, 5.41) is 0. The number of rotatable bonds is 0. The van der Waals surface area contributed by atoms with Crippen molar-refractivity contribution in [2.24, 2.45) is 0 Å². The van der Waals surface area contributed by atoms with Crippen LogP contribution in [0.5, 0.6) is 0 Å². The Morgan fingerprint density at radius 2 is 1.69 bits per heavy atom. The SMILES string of the molecule is CC(C)(C)c1c(F)cc(F)nc1F. The van der Waals surface area contributed by atoms with Crippen molar-refractivity contribution < 1.29 is 13.2 Å². The number of nitrogens with zero attached hydrogens (tertiary/aromatic N) is 1. The van der Waals surface area contributed by atoms with E-state index in [1.807, 2.05) is 0 Å². The zero-order chi connectivity index (χ0) is 10.2. The second-order valence-corrected chi connectivity index (χ2v) is 3.84. The van der Waals surface area contributed by atoms with Gasteiger partial charge in [-0.25, -0.2) is 4.39 Å². The van der Waals surface area contributed by atoms with Gasteiger partial charge in [0, 0.05) is 11.6 Å². The normalized spacial score (nSPS) is 11.8. The number of halogens is 3. The van der Waals surface area contributed by atoms with Crippen LogP contribution in [0.4, 0.5) is 13.2 Å². The van der Waals surface area contributed by atoms with E-state index < -0.39 is 23.1 Å². The molecule has 1 rings (SSSR count). The van der Waals surface area contributed by atoms with Crippen LogP contribution in [-0.2, 0) is 5.41 Å². The van der Waals surface area contributed by atoms with Gasteiger partial charge in [0.15, 0.2) is 0 Å². The highest BCUT2D eigenvalue weighted by atomic mass is 19.1. The molecule has 0 aliphatic carbocycles. The number of hydrogen-bond donors (Lipinski definition) is 0. The Morgan fingerprint density at radius 1 is 1.15 bits per heavy atom. The predicted octanol–water partition coefficient (Wildman–Crippen LogP) is 2.80. The van der Waals surface area contributed by atoms with Crippen molar-refractivity contribution in [1.82, 2.24) is 4.98 Å². The van der Waals surface area contributed by atoms with Gasteiger partial charge in [0.1, 0.15) is 5.82 Å². The molecule has 13 heavy (non-hydrogen) atoms. The number of hydrogen-bond acceptors (Lipinski definition) is 1. The molecule has 0 radical (unpaired) electrons. The van der Waals surface area contributed by atoms with Gasteiger partial charge in [0.25, 0.3) is 0 Å². The van der Waals surface area contributed by atoms with Crippen LogP contribution in [-0.4, -0.2) is 4.98 Å². The number of pyridine rings is 1. The summed E-state index contributed by atoms with van der Waals surface area (Å²) >= 11 is 0. The van der Waals surface area contributed by atoms with Crippen LogP contribution < -0.4 is 0 Å². The molecule has 0 saturated heterocycles. The van der Waals surface area contributed by atoms with E-state index >= 15 is 0 Å². The molecule has 4 heteroatoms. The van der Waals surface area contributed by atoms with Crippen LogP contribution in [0.15, 0.2) is 6.07 Å². The molecule has 1 heterocycles. The Hall–Kier alpha value is -1.06. The molecule has 0 N–H and O–H groups in total. The molecule has 0 amide bonds. The van der Waals surface area contributed by atoms with Gasteiger partial charge in [-0.15, -0.1) is 0 Å². The van der Waals surface area contributed by atoms with Crippen LogP contribution in [0.1, 0.15) is 26.3 Å². The van der Waals surface area contributed by atoms with E-state index in [-0.39, 0.29) is 5.56 Å². The van der Waals surface area contributed by atoms with Crippen molar-refractivity contribution in [3.8, 4) is 0 Å². The highest BCUT2D eigenvalue weighted by Gasteiger charge is 2.24. The van der Waals surface area contributed by atoms with Crippen molar-refractivity contribution in [3.63, 3.8) is 0 Å². The molecule has 0 bridgehead atoms. The summed E-state index contributed by atoms with van der Waals surface area (Å²) in [5.41, 5.74) is -0.900. The highest BCUT2D eigenvalue weighted by molar-refractivity contribution is 5.22. The van der Waals surface area contributed by atoms with E-state index in [1.165, 1.54) is 0 Å². The van der Waals surface area contributed by atoms with E-state index in [1.54, 1.807) is 20.8 Å². The van der Waals surface area contributed by atoms with Gasteiger partial charge < -0.3 is 0 Å². The molecule has 0 aromatic carbocycles. The molecule has 0 aliphatic heterocycles. The van der Waals surface area contributed by atoms with Crippen LogP contribution in [0.3, 0.4) is 0 Å². The summed E-state index contributed by atoms with van der Waals surface area (Å²) in [5.74, 6) is -3.11. The first-order valence-corrected chi connectivity index (χ1v) is 3.84. The van der Waals surface area contributed by atoms with E-state index in [0.717, 1.165) is 0 Å². The first kappa shape index (κ1) is 10.0. The maximum atomic E-state index is 13.1. The Labute approximate surface area is 74.6 Å². The first-order valence-electron chi connectivity index (χ1n) is 3.84. The van der Waals surface area contributed by atoms with E-state index in [9.17, 15) is 13.2 Å². The van der Waals surface area contributed by atoms with E-state index in [0.29, 0.717) is 6.07 Å². The lowest BCUT2D eigenvalue weighted by atomic mass is 9.87. The predicted molar refractivity (Wildman–Crippen MR) is 42.8 cm³/mol. The Morgan fingerprint density at radius 3 is 2.08 bits per heavy atom. The molecule has 1 aromatic heterocycles. The largest absolute Gasteiger partial charge is 0.222 e. The van der Waals surface area contributed by atoms with E-state index in [2.05, 4.69) is 4.98 Å². The molecule has 0 unspecified atom stereocenters. The minimum atomic E-state index is -1.14. The Kier molecular flexibility index (Phi) is 2.32. The lowest BCUT2D eigenvalue weighted by Gasteiger charge is -2.19. The van der Waals surface area contributed by atoms with Gasteiger partial charge in [-0.2, -0.15) is 13.8 Å². The van der Waals surface area contributed by atoms with Crippen LogP contribution in [0.25, 0.3) is 0 Å². The zero-order valence-electron chi connectivity index (χ0n) is 7.66. The van der Waals surface area contributed by atoms with Crippen LogP contribution >= 0.6 is 0 Å². The topological polar surface area (TPSA) is 12.9 Å². The molecule has 0 atom stereocenters. The third-order valence-electron chi connectivity index (χ3n) is 1.65. The van der Waals surface area contributed by atoms with Crippen molar-refractivity contribution in [1.29, 1.82) is 0 Å². The average molecular weight is 189 g/mol. The van der Waals surface area contributed by atoms with Gasteiger partial charge in [-0.1, -0.05) is 20.8 Å². The fourth-order valence-electron chi connectivity index (χ4n) is 1.12.